The van der Waals surface area contributed by atoms with Crippen molar-refractivity contribution in [2.45, 2.75) is 0 Å². The zero-order valence-electron chi connectivity index (χ0n) is 66.7. The molecule has 0 radical (unpaired) electrons. The van der Waals surface area contributed by atoms with Crippen LogP contribution in [0.1, 0.15) is 0 Å². The fraction of sp³-hybridized carbons (Fsp3) is 0. The Bertz CT molecular complexity index is 8080. The van der Waals surface area contributed by atoms with Gasteiger partial charge in [0.2, 0.25) is 0 Å². The molecular weight excluding hydrogens is 1520 g/mol. The zero-order valence-corrected chi connectivity index (χ0v) is 66.7. The molecule has 0 fully saturated rings. The van der Waals surface area contributed by atoms with Gasteiger partial charge < -0.3 is 18.0 Å². The summed E-state index contributed by atoms with van der Waals surface area (Å²) in [4.78, 5) is 41.4. The quantitative estimate of drug-likeness (QED) is 0.103. The fourth-order valence-electron chi connectivity index (χ4n) is 17.6. The molecule has 0 spiro atoms. The van der Waals surface area contributed by atoms with Crippen molar-refractivity contribution < 1.29 is 8.83 Å². The first kappa shape index (κ1) is 72.3. The van der Waals surface area contributed by atoms with Gasteiger partial charge in [0.05, 0.1) is 33.5 Å². The Kier molecular flexibility index (Phi) is 17.9. The SMILES string of the molecule is c1ccc(-c2cccc(-c3cnc(-c4ccc5c(c4)oc4ccc6c(c7ccccc7n6-c6ccccc6)c45)c(-c4nc(-c5ccccc5)nc(-c5ccccc5)n4)c3)c2)cc1.c1ccc(-c2cccc(-c3cnc(-c4ccc5oc6ccc7c(c8ccccc8n7-c7ccccc7)c6c5c4)c(-c4nc(-c5ccccc5)nc(-c5ccccc5)n4)c3)c2)cc1. The summed E-state index contributed by atoms with van der Waals surface area (Å²) in [6, 6.07) is 142. The Labute approximate surface area is 712 Å². The minimum Gasteiger partial charge on any atom is -0.456 e. The standard InChI is InChI=1S/2C56H35N5O/c1-5-16-36(17-6-1)39-22-15-23-40(32-39)42-34-46(56-59-54(37-18-7-2-8-19-37)58-55(60-56)38-20-9-3-10-21-38)53(57-35-42)41-28-30-49-45(33-41)52-50(62-49)31-29-48-51(52)44-26-13-14-27-47(44)61(48)43-24-11-4-12-25-43;1-5-16-36(17-6-1)39-22-15-23-40(32-39)42-33-46(56-59-54(37-18-7-2-8-19-37)58-55(60-56)38-20-9-3-10-21-38)53(57-35-42)41-28-29-45-50(34-41)62-49-31-30-48-51(52(45)49)44-26-13-14-27-47(44)61(48)43-24-11-4-12-25-43/h2*1-35H. The molecule has 0 atom stereocenters. The first-order chi connectivity index (χ1) is 61.5. The number of aromatic nitrogens is 10. The summed E-state index contributed by atoms with van der Waals surface area (Å²) in [5, 5.41) is 8.87. The molecule has 8 heterocycles. The molecule has 0 unspecified atom stereocenters. The summed E-state index contributed by atoms with van der Waals surface area (Å²) in [5.41, 5.74) is 27.1. The van der Waals surface area contributed by atoms with Gasteiger partial charge in [-0.25, -0.2) is 29.9 Å². The summed E-state index contributed by atoms with van der Waals surface area (Å²) in [6.45, 7) is 0. The number of hydrogen-bond acceptors (Lipinski definition) is 10. The van der Waals surface area contributed by atoms with Crippen LogP contribution in [0.25, 0.3) is 234 Å². The minimum absolute atomic E-state index is 0.529. The largest absolute Gasteiger partial charge is 0.456 e. The van der Waals surface area contributed by atoms with Crippen molar-refractivity contribution in [3.05, 3.63) is 425 Å². The smallest absolute Gasteiger partial charge is 0.166 e. The molecule has 580 valence electrons. The summed E-state index contributed by atoms with van der Waals surface area (Å²) in [6.07, 6.45) is 3.91. The van der Waals surface area contributed by atoms with Crippen molar-refractivity contribution in [3.63, 3.8) is 0 Å². The van der Waals surface area contributed by atoms with E-state index in [1.807, 2.05) is 146 Å². The number of para-hydroxylation sites is 4. The Balaban J connectivity index is 0.000000143. The molecule has 124 heavy (non-hydrogen) atoms. The van der Waals surface area contributed by atoms with Gasteiger partial charge in [0.1, 0.15) is 22.3 Å². The monoisotopic (exact) mass is 1590 g/mol. The van der Waals surface area contributed by atoms with E-state index in [0.29, 0.717) is 34.9 Å². The van der Waals surface area contributed by atoms with Gasteiger partial charge in [-0.2, -0.15) is 0 Å². The highest BCUT2D eigenvalue weighted by Crippen LogP contribution is 2.47. The van der Waals surface area contributed by atoms with E-state index in [9.17, 15) is 0 Å². The molecule has 0 aliphatic heterocycles. The maximum atomic E-state index is 6.76. The van der Waals surface area contributed by atoms with Crippen molar-refractivity contribution in [2.75, 3.05) is 0 Å². The third-order valence-electron chi connectivity index (χ3n) is 23.4. The van der Waals surface area contributed by atoms with Gasteiger partial charge in [-0.15, -0.1) is 0 Å². The number of fused-ring (bicyclic) bond motifs is 14. The van der Waals surface area contributed by atoms with E-state index in [1.165, 1.54) is 10.8 Å². The number of furan rings is 2. The molecule has 24 rings (SSSR count). The van der Waals surface area contributed by atoms with E-state index >= 15 is 0 Å². The van der Waals surface area contributed by atoms with Crippen LogP contribution in [-0.4, -0.2) is 49.0 Å². The van der Waals surface area contributed by atoms with Crippen molar-refractivity contribution in [1.82, 2.24) is 49.0 Å². The molecule has 24 aromatic rings. The highest BCUT2D eigenvalue weighted by atomic mass is 16.3. The highest BCUT2D eigenvalue weighted by Gasteiger charge is 2.26. The van der Waals surface area contributed by atoms with Crippen LogP contribution in [0.2, 0.25) is 0 Å². The van der Waals surface area contributed by atoms with Gasteiger partial charge in [0.15, 0.2) is 34.9 Å². The molecule has 0 amide bonds. The maximum absolute atomic E-state index is 6.76. The van der Waals surface area contributed by atoms with Crippen molar-refractivity contribution in [3.8, 4) is 147 Å². The van der Waals surface area contributed by atoms with Crippen molar-refractivity contribution in [1.29, 1.82) is 0 Å². The molecule has 0 N–H and O–H groups in total. The lowest BCUT2D eigenvalue weighted by atomic mass is 9.96. The molecule has 8 aromatic heterocycles. The molecule has 0 saturated carbocycles. The second-order valence-electron chi connectivity index (χ2n) is 30.9. The van der Waals surface area contributed by atoms with Crippen molar-refractivity contribution in [2.24, 2.45) is 0 Å². The van der Waals surface area contributed by atoms with Crippen LogP contribution in [0.5, 0.6) is 0 Å². The lowest BCUT2D eigenvalue weighted by Gasteiger charge is -2.14. The van der Waals surface area contributed by atoms with Crippen LogP contribution in [0, 0.1) is 0 Å². The predicted octanol–water partition coefficient (Wildman–Crippen LogP) is 28.5. The molecule has 0 bridgehead atoms. The summed E-state index contributed by atoms with van der Waals surface area (Å²) in [5.74, 6) is 3.41. The van der Waals surface area contributed by atoms with Crippen LogP contribution >= 0.6 is 0 Å². The molecule has 0 aliphatic rings. The van der Waals surface area contributed by atoms with Crippen LogP contribution in [-0.2, 0) is 0 Å². The number of nitrogens with zero attached hydrogens (tertiary/aromatic N) is 10. The maximum Gasteiger partial charge on any atom is 0.166 e. The van der Waals surface area contributed by atoms with Crippen LogP contribution in [0.15, 0.2) is 434 Å². The van der Waals surface area contributed by atoms with Crippen LogP contribution in [0.3, 0.4) is 0 Å². The average molecular weight is 1590 g/mol. The van der Waals surface area contributed by atoms with E-state index in [-0.39, 0.29) is 0 Å². The van der Waals surface area contributed by atoms with Gasteiger partial charge in [-0.05, 0) is 149 Å². The third kappa shape index (κ3) is 13.1. The van der Waals surface area contributed by atoms with E-state index in [2.05, 4.69) is 288 Å². The number of benzene rings is 16. The second-order valence-corrected chi connectivity index (χ2v) is 30.9. The van der Waals surface area contributed by atoms with Gasteiger partial charge in [0, 0.05) is 122 Å². The number of hydrogen-bond donors (Lipinski definition) is 0. The van der Waals surface area contributed by atoms with Crippen LogP contribution < -0.4 is 0 Å². The first-order valence-electron chi connectivity index (χ1n) is 41.4. The Morgan fingerprint density at radius 2 is 0.500 bits per heavy atom. The topological polar surface area (TPSA) is 139 Å². The lowest BCUT2D eigenvalue weighted by Crippen LogP contribution is -2.02. The summed E-state index contributed by atoms with van der Waals surface area (Å²) < 4.78 is 18.1. The van der Waals surface area contributed by atoms with Gasteiger partial charge in [-0.1, -0.05) is 297 Å². The Morgan fingerprint density at radius 3 is 0.919 bits per heavy atom. The summed E-state index contributed by atoms with van der Waals surface area (Å²) >= 11 is 0. The second kappa shape index (κ2) is 30.8. The van der Waals surface area contributed by atoms with E-state index < -0.39 is 0 Å². The minimum atomic E-state index is 0.529. The first-order valence-corrected chi connectivity index (χ1v) is 41.4. The predicted molar refractivity (Wildman–Crippen MR) is 504 cm³/mol. The van der Waals surface area contributed by atoms with Crippen molar-refractivity contribution >= 4 is 87.5 Å². The van der Waals surface area contributed by atoms with Crippen LogP contribution in [0.4, 0.5) is 0 Å². The Morgan fingerprint density at radius 1 is 0.177 bits per heavy atom. The molecule has 12 nitrogen and oxygen atoms in total. The van der Waals surface area contributed by atoms with E-state index in [0.717, 1.165) is 188 Å². The number of rotatable bonds is 14. The Hall–Kier alpha value is -17.0. The molecule has 16 aromatic carbocycles. The van der Waals surface area contributed by atoms with Gasteiger partial charge in [-0.3, -0.25) is 9.97 Å². The molecular formula is C112H70N10O2. The van der Waals surface area contributed by atoms with E-state index in [4.69, 9.17) is 48.7 Å². The summed E-state index contributed by atoms with van der Waals surface area (Å²) in [7, 11) is 0. The highest BCUT2D eigenvalue weighted by molar-refractivity contribution is 6.29. The molecule has 0 aliphatic carbocycles. The zero-order chi connectivity index (χ0) is 82.0. The number of pyridine rings is 2. The van der Waals surface area contributed by atoms with Gasteiger partial charge in [0.25, 0.3) is 0 Å². The normalized spacial score (nSPS) is 11.5. The molecule has 0 saturated heterocycles. The van der Waals surface area contributed by atoms with Gasteiger partial charge >= 0.3 is 0 Å². The fourth-order valence-corrected chi connectivity index (χ4v) is 17.6. The molecule has 12 heteroatoms. The van der Waals surface area contributed by atoms with E-state index in [1.54, 1.807) is 0 Å². The lowest BCUT2D eigenvalue weighted by molar-refractivity contribution is 0.669. The average Bonchev–Trinajstić information content (AvgIpc) is 1.56. The third-order valence-corrected chi connectivity index (χ3v) is 23.4.